The molecule has 0 heterocycles. The van der Waals surface area contributed by atoms with E-state index in [2.05, 4.69) is 21.3 Å². The number of hydrogen-bond acceptors (Lipinski definition) is 6. The standard InChI is InChI=1S/C12H22N4O6/c1-7(17)13-3-5-15-11(21)9(19)10(20)12(22)16-6-4-14-8(2)18/h9-10,19-20H,3-6H2,1-2H3,(H,13,17)(H,14,18)(H,15,21)(H,16,22). The number of carbonyl (C=O) groups excluding carboxylic acids is 4. The summed E-state index contributed by atoms with van der Waals surface area (Å²) in [5.74, 6) is -2.41. The molecule has 0 aromatic rings. The number of rotatable bonds is 9. The number of hydrogen-bond donors (Lipinski definition) is 6. The van der Waals surface area contributed by atoms with Crippen LogP contribution in [0.4, 0.5) is 0 Å². The molecular weight excluding hydrogens is 296 g/mol. The van der Waals surface area contributed by atoms with Gasteiger partial charge in [0, 0.05) is 40.0 Å². The van der Waals surface area contributed by atoms with Crippen LogP contribution in [-0.2, 0) is 19.2 Å². The van der Waals surface area contributed by atoms with E-state index in [1.54, 1.807) is 0 Å². The zero-order valence-electron chi connectivity index (χ0n) is 12.5. The van der Waals surface area contributed by atoms with Gasteiger partial charge in [-0.25, -0.2) is 0 Å². The van der Waals surface area contributed by atoms with E-state index in [4.69, 9.17) is 0 Å². The van der Waals surface area contributed by atoms with Crippen molar-refractivity contribution < 1.29 is 29.4 Å². The summed E-state index contributed by atoms with van der Waals surface area (Å²) >= 11 is 0. The van der Waals surface area contributed by atoms with Gasteiger partial charge in [0.2, 0.25) is 11.8 Å². The third kappa shape index (κ3) is 8.87. The first-order chi connectivity index (χ1) is 10.3. The van der Waals surface area contributed by atoms with Crippen LogP contribution in [0, 0.1) is 0 Å². The zero-order valence-corrected chi connectivity index (χ0v) is 12.5. The van der Waals surface area contributed by atoms with Crippen molar-refractivity contribution in [3.05, 3.63) is 0 Å². The monoisotopic (exact) mass is 318 g/mol. The zero-order chi connectivity index (χ0) is 17.1. The van der Waals surface area contributed by atoms with Crippen LogP contribution in [0.3, 0.4) is 0 Å². The Morgan fingerprint density at radius 3 is 1.23 bits per heavy atom. The van der Waals surface area contributed by atoms with E-state index < -0.39 is 24.0 Å². The lowest BCUT2D eigenvalue weighted by Gasteiger charge is -2.17. The Bertz CT molecular complexity index is 376. The van der Waals surface area contributed by atoms with Gasteiger partial charge in [-0.1, -0.05) is 0 Å². The lowest BCUT2D eigenvalue weighted by atomic mass is 10.1. The van der Waals surface area contributed by atoms with Gasteiger partial charge in [-0.15, -0.1) is 0 Å². The Morgan fingerprint density at radius 2 is 0.955 bits per heavy atom. The van der Waals surface area contributed by atoms with E-state index in [1.807, 2.05) is 0 Å². The SMILES string of the molecule is CC(=O)NCCNC(=O)C(O)C(O)C(=O)NCCNC(C)=O. The number of aliphatic hydroxyl groups is 2. The smallest absolute Gasteiger partial charge is 0.252 e. The number of amides is 4. The van der Waals surface area contributed by atoms with Crippen molar-refractivity contribution in [2.24, 2.45) is 0 Å². The molecule has 6 N–H and O–H groups in total. The lowest BCUT2D eigenvalue weighted by molar-refractivity contribution is -0.146. The van der Waals surface area contributed by atoms with E-state index in [9.17, 15) is 29.4 Å². The minimum absolute atomic E-state index is 0.0480. The highest BCUT2D eigenvalue weighted by atomic mass is 16.3. The molecule has 0 aliphatic heterocycles. The highest BCUT2D eigenvalue weighted by Crippen LogP contribution is 1.94. The van der Waals surface area contributed by atoms with Crippen LogP contribution < -0.4 is 21.3 Å². The quantitative estimate of drug-likeness (QED) is 0.239. The van der Waals surface area contributed by atoms with Crippen molar-refractivity contribution in [2.45, 2.75) is 26.1 Å². The molecule has 0 fully saturated rings. The second-order valence-corrected chi connectivity index (χ2v) is 4.44. The average Bonchev–Trinajstić information content (AvgIpc) is 2.45. The van der Waals surface area contributed by atoms with Crippen molar-refractivity contribution in [1.82, 2.24) is 21.3 Å². The molecule has 10 nitrogen and oxygen atoms in total. The number of aliphatic hydroxyl groups excluding tert-OH is 2. The molecular formula is C12H22N4O6. The van der Waals surface area contributed by atoms with Gasteiger partial charge >= 0.3 is 0 Å². The van der Waals surface area contributed by atoms with Crippen LogP contribution in [0.5, 0.6) is 0 Å². The summed E-state index contributed by atoms with van der Waals surface area (Å²) < 4.78 is 0. The second kappa shape index (κ2) is 10.5. The van der Waals surface area contributed by atoms with Crippen LogP contribution >= 0.6 is 0 Å². The van der Waals surface area contributed by atoms with Crippen LogP contribution in [0.2, 0.25) is 0 Å². The Morgan fingerprint density at radius 1 is 0.682 bits per heavy atom. The molecule has 0 spiro atoms. The second-order valence-electron chi connectivity index (χ2n) is 4.44. The third-order valence-electron chi connectivity index (χ3n) is 2.43. The molecule has 0 aromatic heterocycles. The maximum atomic E-state index is 11.5. The molecule has 0 saturated heterocycles. The van der Waals surface area contributed by atoms with E-state index in [1.165, 1.54) is 13.8 Å². The Hall–Kier alpha value is -2.20. The van der Waals surface area contributed by atoms with Gasteiger partial charge in [-0.3, -0.25) is 19.2 Å². The molecule has 0 aliphatic carbocycles. The van der Waals surface area contributed by atoms with Crippen molar-refractivity contribution in [3.63, 3.8) is 0 Å². The van der Waals surface area contributed by atoms with Crippen LogP contribution in [0.25, 0.3) is 0 Å². The number of nitrogens with one attached hydrogen (secondary N) is 4. The van der Waals surface area contributed by atoms with Crippen molar-refractivity contribution in [3.8, 4) is 0 Å². The molecule has 22 heavy (non-hydrogen) atoms. The first-order valence-corrected chi connectivity index (χ1v) is 6.66. The van der Waals surface area contributed by atoms with E-state index >= 15 is 0 Å². The molecule has 0 aromatic carbocycles. The Balaban J connectivity index is 4.03. The topological polar surface area (TPSA) is 157 Å². The predicted molar refractivity (Wildman–Crippen MR) is 75.4 cm³/mol. The molecule has 0 aliphatic rings. The summed E-state index contributed by atoms with van der Waals surface area (Å²) in [6.45, 7) is 3.04. The first kappa shape index (κ1) is 19.8. The van der Waals surface area contributed by atoms with Crippen LogP contribution in [0.1, 0.15) is 13.8 Å². The highest BCUT2D eigenvalue weighted by Gasteiger charge is 2.29. The van der Waals surface area contributed by atoms with Crippen molar-refractivity contribution in [1.29, 1.82) is 0 Å². The Kier molecular flexibility index (Phi) is 9.46. The summed E-state index contributed by atoms with van der Waals surface area (Å²) in [5, 5.41) is 28.4. The fraction of sp³-hybridized carbons (Fsp3) is 0.667. The largest absolute Gasteiger partial charge is 0.380 e. The summed E-state index contributed by atoms with van der Waals surface area (Å²) in [5.41, 5.74) is 0. The van der Waals surface area contributed by atoms with Gasteiger partial charge in [-0.2, -0.15) is 0 Å². The summed E-state index contributed by atoms with van der Waals surface area (Å²) in [6, 6.07) is 0. The molecule has 2 atom stereocenters. The third-order valence-corrected chi connectivity index (χ3v) is 2.43. The summed E-state index contributed by atoms with van der Waals surface area (Å²) in [6.07, 6.45) is -3.86. The van der Waals surface area contributed by atoms with Crippen LogP contribution in [0.15, 0.2) is 0 Å². The fourth-order valence-electron chi connectivity index (χ4n) is 1.34. The average molecular weight is 318 g/mol. The molecule has 0 radical (unpaired) electrons. The molecule has 126 valence electrons. The van der Waals surface area contributed by atoms with Gasteiger partial charge < -0.3 is 31.5 Å². The van der Waals surface area contributed by atoms with E-state index in [0.717, 1.165) is 0 Å². The fourth-order valence-corrected chi connectivity index (χ4v) is 1.34. The van der Waals surface area contributed by atoms with Gasteiger partial charge in [0.15, 0.2) is 12.2 Å². The van der Waals surface area contributed by atoms with Crippen molar-refractivity contribution in [2.75, 3.05) is 26.2 Å². The minimum atomic E-state index is -1.93. The highest BCUT2D eigenvalue weighted by molar-refractivity contribution is 5.90. The van der Waals surface area contributed by atoms with Crippen molar-refractivity contribution >= 4 is 23.6 Å². The van der Waals surface area contributed by atoms with Gasteiger partial charge in [-0.05, 0) is 0 Å². The minimum Gasteiger partial charge on any atom is -0.380 e. The molecule has 10 heteroatoms. The molecule has 0 saturated carbocycles. The molecule has 0 bridgehead atoms. The normalized spacial score (nSPS) is 12.7. The van der Waals surface area contributed by atoms with Crippen LogP contribution in [-0.4, -0.2) is 72.2 Å². The Labute approximate surface area is 127 Å². The molecule has 2 unspecified atom stereocenters. The maximum absolute atomic E-state index is 11.5. The molecule has 4 amide bonds. The van der Waals surface area contributed by atoms with Gasteiger partial charge in [0.05, 0.1) is 0 Å². The van der Waals surface area contributed by atoms with E-state index in [0.29, 0.717) is 0 Å². The summed E-state index contributed by atoms with van der Waals surface area (Å²) in [4.78, 5) is 44.2. The van der Waals surface area contributed by atoms with E-state index in [-0.39, 0.29) is 38.0 Å². The van der Waals surface area contributed by atoms with Gasteiger partial charge in [0.25, 0.3) is 11.8 Å². The lowest BCUT2D eigenvalue weighted by Crippen LogP contribution is -2.51. The molecule has 0 rings (SSSR count). The first-order valence-electron chi connectivity index (χ1n) is 6.66. The maximum Gasteiger partial charge on any atom is 0.252 e. The van der Waals surface area contributed by atoms with Gasteiger partial charge in [0.1, 0.15) is 0 Å². The number of carbonyl (C=O) groups is 4. The predicted octanol–water partition coefficient (Wildman–Crippen LogP) is -3.79. The summed E-state index contributed by atoms with van der Waals surface area (Å²) in [7, 11) is 0.